The van der Waals surface area contributed by atoms with Gasteiger partial charge in [0.15, 0.2) is 0 Å². The minimum Gasteiger partial charge on any atom is -0.493 e. The summed E-state index contributed by atoms with van der Waals surface area (Å²) in [6.45, 7) is 3.86. The van der Waals surface area contributed by atoms with E-state index in [-0.39, 0.29) is 11.3 Å². The molecular formula is C30H31N7O2. The number of hydrogen-bond acceptors (Lipinski definition) is 7. The molecule has 0 unspecified atom stereocenters. The number of piperazine rings is 1. The van der Waals surface area contributed by atoms with Crippen molar-refractivity contribution in [3.05, 3.63) is 60.6 Å². The van der Waals surface area contributed by atoms with Crippen LogP contribution in [0.5, 0.6) is 5.75 Å². The first-order chi connectivity index (χ1) is 19.0. The second-order valence-electron chi connectivity index (χ2n) is 10.5. The van der Waals surface area contributed by atoms with E-state index in [2.05, 4.69) is 43.1 Å². The number of ether oxygens (including phenoxy) is 1. The zero-order chi connectivity index (χ0) is 26.8. The molecule has 2 N–H and O–H groups in total. The fourth-order valence-corrected chi connectivity index (χ4v) is 4.84. The lowest BCUT2D eigenvalue weighted by molar-refractivity contribution is 0.0659. The molecule has 198 valence electrons. The quantitative estimate of drug-likeness (QED) is 0.333. The number of anilines is 2. The van der Waals surface area contributed by atoms with Gasteiger partial charge in [-0.25, -0.2) is 9.97 Å². The number of H-pyrrole nitrogens is 1. The molecule has 9 nitrogen and oxygen atoms in total. The van der Waals surface area contributed by atoms with Crippen molar-refractivity contribution in [1.29, 1.82) is 0 Å². The molecule has 1 amide bonds. The van der Waals surface area contributed by atoms with E-state index in [9.17, 15) is 4.79 Å². The number of nitrogens with one attached hydrogen (secondary N) is 2. The van der Waals surface area contributed by atoms with Gasteiger partial charge >= 0.3 is 0 Å². The highest BCUT2D eigenvalue weighted by molar-refractivity contribution is 5.98. The smallest absolute Gasteiger partial charge is 0.270 e. The Hall–Kier alpha value is -4.42. The normalized spacial score (nSPS) is 16.6. The van der Waals surface area contributed by atoms with Gasteiger partial charge in [0.1, 0.15) is 11.4 Å². The minimum absolute atomic E-state index is 0.0342. The maximum Gasteiger partial charge on any atom is 0.270 e. The van der Waals surface area contributed by atoms with Crippen molar-refractivity contribution in [1.82, 2.24) is 29.7 Å². The van der Waals surface area contributed by atoms with Gasteiger partial charge in [-0.1, -0.05) is 0 Å². The van der Waals surface area contributed by atoms with Crippen molar-refractivity contribution in [2.75, 3.05) is 45.2 Å². The Kier molecular flexibility index (Phi) is 6.63. The van der Waals surface area contributed by atoms with Crippen molar-refractivity contribution in [3.8, 4) is 29.5 Å². The van der Waals surface area contributed by atoms with Crippen LogP contribution in [-0.4, -0.2) is 75.5 Å². The topological polar surface area (TPSA) is 99.3 Å². The van der Waals surface area contributed by atoms with Crippen molar-refractivity contribution in [3.63, 3.8) is 0 Å². The summed E-state index contributed by atoms with van der Waals surface area (Å²) in [6, 6.07) is 13.4. The Morgan fingerprint density at radius 1 is 1.08 bits per heavy atom. The molecule has 9 heteroatoms. The van der Waals surface area contributed by atoms with E-state index in [0.717, 1.165) is 67.8 Å². The van der Waals surface area contributed by atoms with E-state index in [1.165, 1.54) is 0 Å². The largest absolute Gasteiger partial charge is 0.493 e. The molecule has 2 aliphatic rings. The van der Waals surface area contributed by atoms with Crippen LogP contribution in [0.3, 0.4) is 0 Å². The van der Waals surface area contributed by atoms with Crippen LogP contribution in [0.2, 0.25) is 0 Å². The summed E-state index contributed by atoms with van der Waals surface area (Å²) < 4.78 is 6.05. The number of carbonyl (C=O) groups is 1. The van der Waals surface area contributed by atoms with Crippen molar-refractivity contribution < 1.29 is 9.53 Å². The van der Waals surface area contributed by atoms with Gasteiger partial charge in [0.25, 0.3) is 5.91 Å². The molecular weight excluding hydrogens is 490 g/mol. The van der Waals surface area contributed by atoms with Gasteiger partial charge in [-0.15, -0.1) is 12.3 Å². The van der Waals surface area contributed by atoms with Crippen LogP contribution in [0, 0.1) is 17.8 Å². The molecule has 39 heavy (non-hydrogen) atoms. The van der Waals surface area contributed by atoms with E-state index in [0.29, 0.717) is 29.6 Å². The summed E-state index contributed by atoms with van der Waals surface area (Å²) in [5, 5.41) is 4.22. The van der Waals surface area contributed by atoms with Gasteiger partial charge in [-0.2, -0.15) is 0 Å². The van der Waals surface area contributed by atoms with Crippen LogP contribution < -0.4 is 10.1 Å². The first-order valence-electron chi connectivity index (χ1n) is 13.2. The SMILES string of the molecule is C#CCC1(COc2ccnc(-c3ccnc(Nc4ccc5[nH]c(C(=O)N6CCN(C)CC6)cc5c4)n3)c2)CC1. The number of amides is 1. The molecule has 1 aliphatic carbocycles. The van der Waals surface area contributed by atoms with E-state index in [4.69, 9.17) is 11.2 Å². The molecule has 1 saturated heterocycles. The highest BCUT2D eigenvalue weighted by Gasteiger charge is 2.42. The van der Waals surface area contributed by atoms with Crippen molar-refractivity contribution in [2.24, 2.45) is 5.41 Å². The third-order valence-corrected chi connectivity index (χ3v) is 7.53. The third kappa shape index (κ3) is 5.56. The summed E-state index contributed by atoms with van der Waals surface area (Å²) in [4.78, 5) is 33.9. The number of aromatic amines is 1. The Labute approximate surface area is 227 Å². The number of fused-ring (bicyclic) bond motifs is 1. The fraction of sp³-hybridized carbons (Fsp3) is 0.333. The zero-order valence-electron chi connectivity index (χ0n) is 22.0. The van der Waals surface area contributed by atoms with Crippen LogP contribution in [0.1, 0.15) is 29.8 Å². The van der Waals surface area contributed by atoms with Gasteiger partial charge in [0.2, 0.25) is 5.95 Å². The monoisotopic (exact) mass is 521 g/mol. The summed E-state index contributed by atoms with van der Waals surface area (Å²) in [7, 11) is 2.08. The summed E-state index contributed by atoms with van der Waals surface area (Å²) in [5.41, 5.74) is 3.85. The van der Waals surface area contributed by atoms with E-state index < -0.39 is 0 Å². The Morgan fingerprint density at radius 2 is 1.90 bits per heavy atom. The van der Waals surface area contributed by atoms with Gasteiger partial charge < -0.3 is 24.8 Å². The zero-order valence-corrected chi connectivity index (χ0v) is 22.0. The number of pyridine rings is 1. The second-order valence-corrected chi connectivity index (χ2v) is 10.5. The number of terminal acetylenes is 1. The summed E-state index contributed by atoms with van der Waals surface area (Å²) in [6.07, 6.45) is 11.9. The molecule has 4 heterocycles. The number of rotatable bonds is 8. The third-order valence-electron chi connectivity index (χ3n) is 7.53. The van der Waals surface area contributed by atoms with E-state index in [1.54, 1.807) is 12.4 Å². The predicted octanol–water partition coefficient (Wildman–Crippen LogP) is 4.33. The number of carbonyl (C=O) groups excluding carboxylic acids is 1. The molecule has 0 bridgehead atoms. The molecule has 2 fully saturated rings. The number of aromatic nitrogens is 4. The average molecular weight is 522 g/mol. The summed E-state index contributed by atoms with van der Waals surface area (Å²) in [5.74, 6) is 4.00. The summed E-state index contributed by atoms with van der Waals surface area (Å²) >= 11 is 0. The fourth-order valence-electron chi connectivity index (χ4n) is 4.84. The molecule has 1 saturated carbocycles. The molecule has 3 aromatic heterocycles. The molecule has 0 spiro atoms. The van der Waals surface area contributed by atoms with E-state index >= 15 is 0 Å². The standard InChI is InChI=1S/C30H31N7O2/c1-3-8-30(9-10-30)20-39-23-6-11-31-26(19-23)25-7-12-32-29(35-25)33-22-4-5-24-21(17-22)18-27(34-24)28(38)37-15-13-36(2)14-16-37/h1,4-7,11-12,17-19,34H,8-10,13-16,20H2,2H3,(H,32,33,35). The lowest BCUT2D eigenvalue weighted by Gasteiger charge is -2.32. The first kappa shape index (κ1) is 24.9. The van der Waals surface area contributed by atoms with Gasteiger partial charge in [-0.3, -0.25) is 9.78 Å². The number of benzene rings is 1. The Balaban J connectivity index is 1.15. The predicted molar refractivity (Wildman–Crippen MR) is 151 cm³/mol. The molecule has 0 atom stereocenters. The van der Waals surface area contributed by atoms with Crippen LogP contribution in [-0.2, 0) is 0 Å². The Morgan fingerprint density at radius 3 is 2.69 bits per heavy atom. The average Bonchev–Trinajstić information content (AvgIpc) is 3.59. The maximum absolute atomic E-state index is 13.0. The second kappa shape index (κ2) is 10.4. The minimum atomic E-state index is 0.0342. The highest BCUT2D eigenvalue weighted by Crippen LogP contribution is 2.48. The van der Waals surface area contributed by atoms with Gasteiger partial charge in [-0.05, 0) is 56.3 Å². The number of nitrogens with zero attached hydrogens (tertiary/aromatic N) is 5. The number of hydrogen-bond donors (Lipinski definition) is 2. The van der Waals surface area contributed by atoms with Gasteiger partial charge in [0, 0.05) is 73.1 Å². The van der Waals surface area contributed by atoms with Crippen LogP contribution >= 0.6 is 0 Å². The van der Waals surface area contributed by atoms with Crippen LogP contribution in [0.25, 0.3) is 22.3 Å². The van der Waals surface area contributed by atoms with Crippen molar-refractivity contribution in [2.45, 2.75) is 19.3 Å². The Bertz CT molecular complexity index is 1540. The van der Waals surface area contributed by atoms with Crippen molar-refractivity contribution >= 4 is 28.4 Å². The van der Waals surface area contributed by atoms with E-state index in [1.807, 2.05) is 47.4 Å². The molecule has 6 rings (SSSR count). The number of likely N-dealkylation sites (N-methyl/N-ethyl adjacent to an activating group) is 1. The lowest BCUT2D eigenvalue weighted by Crippen LogP contribution is -2.47. The van der Waals surface area contributed by atoms with Crippen LogP contribution in [0.15, 0.2) is 54.9 Å². The maximum atomic E-state index is 13.0. The lowest BCUT2D eigenvalue weighted by atomic mass is 10.1. The molecule has 1 aliphatic heterocycles. The molecule has 4 aromatic rings. The van der Waals surface area contributed by atoms with Crippen LogP contribution in [0.4, 0.5) is 11.6 Å². The molecule has 0 radical (unpaired) electrons. The highest BCUT2D eigenvalue weighted by atomic mass is 16.5. The molecule has 1 aromatic carbocycles. The first-order valence-corrected chi connectivity index (χ1v) is 13.2. The van der Waals surface area contributed by atoms with Gasteiger partial charge in [0.05, 0.1) is 18.0 Å².